The van der Waals surface area contributed by atoms with Crippen LogP contribution in [0.3, 0.4) is 0 Å². The van der Waals surface area contributed by atoms with Crippen LogP contribution in [0.5, 0.6) is 0 Å². The van der Waals surface area contributed by atoms with Crippen LogP contribution < -0.4 is 5.32 Å². The lowest BCUT2D eigenvalue weighted by Gasteiger charge is -2.40. The van der Waals surface area contributed by atoms with Crippen LogP contribution in [0.15, 0.2) is 24.5 Å². The van der Waals surface area contributed by atoms with E-state index in [0.717, 1.165) is 22.3 Å². The van der Waals surface area contributed by atoms with E-state index in [1.54, 1.807) is 19.5 Å². The van der Waals surface area contributed by atoms with Gasteiger partial charge in [0.25, 0.3) is 0 Å². The fraction of sp³-hybridized carbons (Fsp3) is 0.476. The van der Waals surface area contributed by atoms with Gasteiger partial charge in [0.15, 0.2) is 5.82 Å². The molecular weight excluding hydrogens is 392 g/mol. The Morgan fingerprint density at radius 2 is 1.79 bits per heavy atom. The van der Waals surface area contributed by atoms with Crippen LogP contribution in [0, 0.1) is 13.8 Å². The van der Waals surface area contributed by atoms with Crippen molar-refractivity contribution in [3.63, 3.8) is 0 Å². The Bertz CT molecular complexity index is 903. The molecule has 154 valence electrons. The summed E-state index contributed by atoms with van der Waals surface area (Å²) in [6, 6.07) is 3.92. The number of aliphatic hydroxyl groups excluding tert-OH is 1. The van der Waals surface area contributed by atoms with Crippen molar-refractivity contribution < 1.29 is 14.7 Å². The smallest absolute Gasteiger partial charge is 0.230 e. The summed E-state index contributed by atoms with van der Waals surface area (Å²) in [6.45, 7) is 5.26. The van der Waals surface area contributed by atoms with Gasteiger partial charge < -0.3 is 15.3 Å². The first-order valence-corrected chi connectivity index (χ1v) is 10.1. The Morgan fingerprint density at radius 3 is 2.34 bits per heavy atom. The van der Waals surface area contributed by atoms with Crippen LogP contribution in [0.25, 0.3) is 11.4 Å². The van der Waals surface area contributed by atoms with Gasteiger partial charge in [-0.1, -0.05) is 11.6 Å². The van der Waals surface area contributed by atoms with Gasteiger partial charge in [-0.15, -0.1) is 0 Å². The van der Waals surface area contributed by atoms with Crippen LogP contribution in [0.4, 0.5) is 0 Å². The molecule has 0 radical (unpaired) electrons. The number of carbonyl (C=O) groups excluding carboxylic acids is 1. The summed E-state index contributed by atoms with van der Waals surface area (Å²) in [5.41, 5.74) is 3.00. The lowest BCUT2D eigenvalue weighted by Crippen LogP contribution is -2.56. The summed E-state index contributed by atoms with van der Waals surface area (Å²) in [6.07, 6.45) is 3.64. The number of rotatable bonds is 3. The highest BCUT2D eigenvalue weighted by Gasteiger charge is 2.54. The quantitative estimate of drug-likeness (QED) is 0.798. The minimum atomic E-state index is -0.788. The normalized spacial score (nSPS) is 24.1. The molecule has 2 aliphatic heterocycles. The molecule has 0 aliphatic carbocycles. The van der Waals surface area contributed by atoms with Crippen LogP contribution >= 0.6 is 11.6 Å². The van der Waals surface area contributed by atoms with Crippen molar-refractivity contribution in [1.82, 2.24) is 20.3 Å². The molecule has 0 saturated carbocycles. The van der Waals surface area contributed by atoms with Crippen molar-refractivity contribution >= 4 is 17.5 Å². The van der Waals surface area contributed by atoms with Crippen LogP contribution in [0.2, 0.25) is 5.02 Å². The fourth-order valence-corrected chi connectivity index (χ4v) is 4.79. The maximum Gasteiger partial charge on any atom is 0.230 e. The average Bonchev–Trinajstić information content (AvgIpc) is 2.93. The molecule has 2 aliphatic rings. The minimum absolute atomic E-state index is 0.120. The second-order valence-electron chi connectivity index (χ2n) is 7.93. The van der Waals surface area contributed by atoms with Gasteiger partial charge in [-0.05, 0) is 55.5 Å². The lowest BCUT2D eigenvalue weighted by atomic mass is 9.77. The molecule has 29 heavy (non-hydrogen) atoms. The number of halogens is 1. The molecule has 7 nitrogen and oxygen atoms in total. The van der Waals surface area contributed by atoms with E-state index >= 15 is 0 Å². The predicted octanol–water partition coefficient (Wildman–Crippen LogP) is 2.38. The summed E-state index contributed by atoms with van der Waals surface area (Å²) in [5, 5.41) is 16.7. The standard InChI is InChI=1S/C21H25ClN4O3/c1-12-8-14(19-23-10-15(22)11-24-19)9-13(2)16(12)17-18(27)21(25-20(17)28)4-6-26(29-3)7-5-21/h8-11,17-18,27H,4-7H2,1-3H3,(H,25,28). The molecule has 1 amide bonds. The maximum absolute atomic E-state index is 13.0. The zero-order valence-electron chi connectivity index (χ0n) is 16.8. The van der Waals surface area contributed by atoms with E-state index in [1.165, 1.54) is 0 Å². The summed E-state index contributed by atoms with van der Waals surface area (Å²) in [4.78, 5) is 26.8. The Hall–Kier alpha value is -2.06. The molecule has 3 heterocycles. The molecule has 2 fully saturated rings. The lowest BCUT2D eigenvalue weighted by molar-refractivity contribution is -0.158. The molecule has 0 bridgehead atoms. The molecule has 2 N–H and O–H groups in total. The highest BCUT2D eigenvalue weighted by atomic mass is 35.5. The Balaban J connectivity index is 1.66. The van der Waals surface area contributed by atoms with E-state index in [4.69, 9.17) is 16.4 Å². The Kier molecular flexibility index (Phi) is 5.33. The minimum Gasteiger partial charge on any atom is -0.389 e. The zero-order valence-corrected chi connectivity index (χ0v) is 17.5. The third-order valence-electron chi connectivity index (χ3n) is 6.19. The van der Waals surface area contributed by atoms with Crippen molar-refractivity contribution in [1.29, 1.82) is 0 Å². The molecular formula is C21H25ClN4O3. The van der Waals surface area contributed by atoms with Gasteiger partial charge >= 0.3 is 0 Å². The van der Waals surface area contributed by atoms with E-state index in [9.17, 15) is 9.90 Å². The third-order valence-corrected chi connectivity index (χ3v) is 6.39. The number of benzene rings is 1. The van der Waals surface area contributed by atoms with Crippen molar-refractivity contribution in [3.8, 4) is 11.4 Å². The van der Waals surface area contributed by atoms with Gasteiger partial charge in [0.2, 0.25) is 5.91 Å². The molecule has 1 aromatic heterocycles. The van der Waals surface area contributed by atoms with E-state index in [-0.39, 0.29) is 5.91 Å². The third kappa shape index (κ3) is 3.53. The highest BCUT2D eigenvalue weighted by Crippen LogP contribution is 2.42. The molecule has 4 rings (SSSR count). The number of hydrogen-bond donors (Lipinski definition) is 2. The number of hydroxylamine groups is 2. The fourth-order valence-electron chi connectivity index (χ4n) is 4.69. The first-order chi connectivity index (χ1) is 13.8. The molecule has 1 aromatic carbocycles. The largest absolute Gasteiger partial charge is 0.389 e. The first-order valence-electron chi connectivity index (χ1n) is 9.73. The second-order valence-corrected chi connectivity index (χ2v) is 8.36. The molecule has 2 saturated heterocycles. The summed E-state index contributed by atoms with van der Waals surface area (Å²) < 4.78 is 0. The highest BCUT2D eigenvalue weighted by molar-refractivity contribution is 6.30. The van der Waals surface area contributed by atoms with Gasteiger partial charge in [0.1, 0.15) is 0 Å². The van der Waals surface area contributed by atoms with Gasteiger partial charge in [-0.3, -0.25) is 4.79 Å². The number of hydrogen-bond acceptors (Lipinski definition) is 6. The van der Waals surface area contributed by atoms with Crippen LogP contribution in [-0.2, 0) is 9.63 Å². The average molecular weight is 417 g/mol. The maximum atomic E-state index is 13.0. The number of nitrogens with one attached hydrogen (secondary N) is 1. The molecule has 8 heteroatoms. The van der Waals surface area contributed by atoms with Gasteiger partial charge in [0.05, 0.1) is 29.7 Å². The monoisotopic (exact) mass is 416 g/mol. The molecule has 1 spiro atoms. The number of piperidine rings is 1. The predicted molar refractivity (Wildman–Crippen MR) is 109 cm³/mol. The molecule has 2 aromatic rings. The van der Waals surface area contributed by atoms with Gasteiger partial charge in [-0.2, -0.15) is 5.06 Å². The molecule has 2 unspecified atom stereocenters. The number of aliphatic hydroxyl groups is 1. The van der Waals surface area contributed by atoms with Crippen molar-refractivity contribution in [2.24, 2.45) is 0 Å². The van der Waals surface area contributed by atoms with Crippen molar-refractivity contribution in [2.45, 2.75) is 44.2 Å². The summed E-state index contributed by atoms with van der Waals surface area (Å²) >= 11 is 5.89. The van der Waals surface area contributed by atoms with Crippen molar-refractivity contribution in [2.75, 3.05) is 20.2 Å². The number of aryl methyl sites for hydroxylation is 2. The van der Waals surface area contributed by atoms with Gasteiger partial charge in [-0.25, -0.2) is 9.97 Å². The Labute approximate surface area is 175 Å². The SMILES string of the molecule is CON1CCC2(CC1)NC(=O)C(c1c(C)cc(-c3ncc(Cl)cn3)cc1C)C2O. The number of nitrogens with zero attached hydrogens (tertiary/aromatic N) is 3. The van der Waals surface area contributed by atoms with Crippen molar-refractivity contribution in [3.05, 3.63) is 46.2 Å². The Morgan fingerprint density at radius 1 is 1.21 bits per heavy atom. The first kappa shape index (κ1) is 20.2. The summed E-state index contributed by atoms with van der Waals surface area (Å²) in [7, 11) is 1.64. The topological polar surface area (TPSA) is 87.6 Å². The summed E-state index contributed by atoms with van der Waals surface area (Å²) in [5.74, 6) is -0.138. The number of aromatic nitrogens is 2. The number of carbonyl (C=O) groups is 1. The molecule has 2 atom stereocenters. The van der Waals surface area contributed by atoms with E-state index in [2.05, 4.69) is 15.3 Å². The van der Waals surface area contributed by atoms with Gasteiger partial charge in [0, 0.05) is 31.0 Å². The van der Waals surface area contributed by atoms with E-state index in [0.29, 0.717) is 36.8 Å². The second kappa shape index (κ2) is 7.65. The van der Waals surface area contributed by atoms with Crippen LogP contribution in [0.1, 0.15) is 35.4 Å². The number of amides is 1. The zero-order chi connectivity index (χ0) is 20.8. The van der Waals surface area contributed by atoms with E-state index in [1.807, 2.05) is 31.0 Å². The van der Waals surface area contributed by atoms with E-state index < -0.39 is 17.6 Å². The van der Waals surface area contributed by atoms with Crippen LogP contribution in [-0.4, -0.2) is 57.9 Å².